The van der Waals surface area contributed by atoms with E-state index >= 15 is 0 Å². The molecule has 0 spiro atoms. The number of nitrogens with zero attached hydrogens (tertiary/aromatic N) is 2. The van der Waals surface area contributed by atoms with E-state index in [9.17, 15) is 9.59 Å². The van der Waals surface area contributed by atoms with Crippen molar-refractivity contribution in [3.8, 4) is 5.75 Å². The monoisotopic (exact) mass is 457 g/mol. The Morgan fingerprint density at radius 1 is 1.03 bits per heavy atom. The second kappa shape index (κ2) is 10.7. The molecule has 2 aromatic rings. The summed E-state index contributed by atoms with van der Waals surface area (Å²) in [5, 5.41) is 3.43. The van der Waals surface area contributed by atoms with Crippen molar-refractivity contribution in [1.82, 2.24) is 10.2 Å². The normalized spacial score (nSPS) is 18.5. The fourth-order valence-corrected chi connectivity index (χ4v) is 4.03. The van der Waals surface area contributed by atoms with Crippen molar-refractivity contribution in [2.24, 2.45) is 0 Å². The van der Waals surface area contributed by atoms with Gasteiger partial charge in [0, 0.05) is 49.1 Å². The van der Waals surface area contributed by atoms with Gasteiger partial charge in [-0.1, -0.05) is 11.6 Å². The zero-order valence-corrected chi connectivity index (χ0v) is 18.7. The van der Waals surface area contributed by atoms with Gasteiger partial charge in [0.2, 0.25) is 5.91 Å². The molecule has 1 unspecified atom stereocenters. The molecule has 1 N–H and O–H groups in total. The molecule has 0 aromatic heterocycles. The Kier molecular flexibility index (Phi) is 7.50. The molecule has 4 rings (SSSR count). The fraction of sp³-hybridized carbons (Fsp3) is 0.417. The SMILES string of the molecule is O=C(NCC(=O)N1CCN(c2ccc(Cl)cc2)CC1)c1ccc(OCC2CCCO2)cc1. The van der Waals surface area contributed by atoms with Crippen LogP contribution in [-0.2, 0) is 9.53 Å². The smallest absolute Gasteiger partial charge is 0.251 e. The molecule has 32 heavy (non-hydrogen) atoms. The maximum atomic E-state index is 12.5. The minimum atomic E-state index is -0.274. The molecule has 0 aliphatic carbocycles. The molecule has 1 atom stereocenters. The number of ether oxygens (including phenoxy) is 2. The summed E-state index contributed by atoms with van der Waals surface area (Å²) in [6.07, 6.45) is 2.24. The van der Waals surface area contributed by atoms with Gasteiger partial charge in [0.15, 0.2) is 0 Å². The van der Waals surface area contributed by atoms with Gasteiger partial charge >= 0.3 is 0 Å². The molecular formula is C24H28ClN3O4. The van der Waals surface area contributed by atoms with Gasteiger partial charge in [-0.25, -0.2) is 0 Å². The van der Waals surface area contributed by atoms with Crippen LogP contribution in [0.1, 0.15) is 23.2 Å². The van der Waals surface area contributed by atoms with Crippen LogP contribution in [0, 0.1) is 0 Å². The number of anilines is 1. The summed E-state index contributed by atoms with van der Waals surface area (Å²) in [7, 11) is 0. The van der Waals surface area contributed by atoms with Gasteiger partial charge in [-0.05, 0) is 61.4 Å². The van der Waals surface area contributed by atoms with Crippen molar-refractivity contribution in [3.05, 3.63) is 59.1 Å². The Morgan fingerprint density at radius 2 is 1.75 bits per heavy atom. The topological polar surface area (TPSA) is 71.1 Å². The average Bonchev–Trinajstić information content (AvgIpc) is 3.36. The number of piperazine rings is 1. The summed E-state index contributed by atoms with van der Waals surface area (Å²) >= 11 is 5.95. The van der Waals surface area contributed by atoms with E-state index in [0.717, 1.165) is 38.2 Å². The van der Waals surface area contributed by atoms with Gasteiger partial charge in [-0.3, -0.25) is 9.59 Å². The number of amides is 2. The number of nitrogens with one attached hydrogen (secondary N) is 1. The van der Waals surface area contributed by atoms with Gasteiger partial charge in [0.25, 0.3) is 5.91 Å². The van der Waals surface area contributed by atoms with E-state index in [1.165, 1.54) is 0 Å². The van der Waals surface area contributed by atoms with Crippen molar-refractivity contribution >= 4 is 29.1 Å². The second-order valence-corrected chi connectivity index (χ2v) is 8.43. The van der Waals surface area contributed by atoms with Crippen LogP contribution in [0.5, 0.6) is 5.75 Å². The zero-order valence-electron chi connectivity index (χ0n) is 18.0. The molecule has 0 radical (unpaired) electrons. The van der Waals surface area contributed by atoms with Gasteiger partial charge in [0.05, 0.1) is 12.6 Å². The first-order chi connectivity index (χ1) is 15.6. The van der Waals surface area contributed by atoms with E-state index in [1.54, 1.807) is 29.2 Å². The predicted octanol–water partition coefficient (Wildman–Crippen LogP) is 2.98. The Morgan fingerprint density at radius 3 is 2.41 bits per heavy atom. The molecule has 2 amide bonds. The molecular weight excluding hydrogens is 430 g/mol. The maximum absolute atomic E-state index is 12.5. The fourth-order valence-electron chi connectivity index (χ4n) is 3.90. The van der Waals surface area contributed by atoms with Crippen LogP contribution in [0.25, 0.3) is 0 Å². The van der Waals surface area contributed by atoms with E-state index in [4.69, 9.17) is 21.1 Å². The molecule has 0 saturated carbocycles. The van der Waals surface area contributed by atoms with Gasteiger partial charge in [0.1, 0.15) is 12.4 Å². The highest BCUT2D eigenvalue weighted by Gasteiger charge is 2.22. The highest BCUT2D eigenvalue weighted by molar-refractivity contribution is 6.30. The lowest BCUT2D eigenvalue weighted by molar-refractivity contribution is -0.130. The summed E-state index contributed by atoms with van der Waals surface area (Å²) in [4.78, 5) is 29.0. The zero-order chi connectivity index (χ0) is 22.3. The third kappa shape index (κ3) is 5.93. The number of rotatable bonds is 7. The molecule has 2 aliphatic rings. The van der Waals surface area contributed by atoms with E-state index in [1.807, 2.05) is 24.3 Å². The predicted molar refractivity (Wildman–Crippen MR) is 123 cm³/mol. The minimum absolute atomic E-state index is 0.0168. The molecule has 7 nitrogen and oxygen atoms in total. The van der Waals surface area contributed by atoms with Crippen molar-refractivity contribution in [1.29, 1.82) is 0 Å². The molecule has 8 heteroatoms. The van der Waals surface area contributed by atoms with E-state index in [2.05, 4.69) is 10.2 Å². The summed E-state index contributed by atoms with van der Waals surface area (Å²) in [6.45, 7) is 4.03. The second-order valence-electron chi connectivity index (χ2n) is 8.00. The largest absolute Gasteiger partial charge is 0.491 e. The Labute approximate surface area is 193 Å². The standard InChI is InChI=1S/C24H28ClN3O4/c25-19-5-7-20(8-6-19)27-11-13-28(14-12-27)23(29)16-26-24(30)18-3-9-21(10-4-18)32-17-22-2-1-15-31-22/h3-10,22H,1-2,11-17H2,(H,26,30). The van der Waals surface area contributed by atoms with E-state index in [-0.39, 0.29) is 24.5 Å². The maximum Gasteiger partial charge on any atom is 0.251 e. The highest BCUT2D eigenvalue weighted by Crippen LogP contribution is 2.20. The lowest BCUT2D eigenvalue weighted by Crippen LogP contribution is -2.51. The van der Waals surface area contributed by atoms with Crippen LogP contribution >= 0.6 is 11.6 Å². The Balaban J connectivity index is 1.19. The van der Waals surface area contributed by atoms with Crippen LogP contribution in [0.15, 0.2) is 48.5 Å². The Hall–Kier alpha value is -2.77. The van der Waals surface area contributed by atoms with Crippen LogP contribution in [-0.4, -0.2) is 68.8 Å². The van der Waals surface area contributed by atoms with E-state index < -0.39 is 0 Å². The van der Waals surface area contributed by atoms with E-state index in [0.29, 0.717) is 36.0 Å². The average molecular weight is 458 g/mol. The molecule has 2 fully saturated rings. The lowest BCUT2D eigenvalue weighted by atomic mass is 10.2. The molecule has 2 saturated heterocycles. The Bertz CT molecular complexity index is 906. The first kappa shape index (κ1) is 22.4. The molecule has 170 valence electrons. The summed E-state index contributed by atoms with van der Waals surface area (Å²) in [5.74, 6) is 0.348. The molecule has 2 aromatic carbocycles. The van der Waals surface area contributed by atoms with Crippen molar-refractivity contribution in [2.75, 3.05) is 50.8 Å². The lowest BCUT2D eigenvalue weighted by Gasteiger charge is -2.36. The van der Waals surface area contributed by atoms with Crippen LogP contribution < -0.4 is 15.0 Å². The van der Waals surface area contributed by atoms with Crippen LogP contribution in [0.3, 0.4) is 0 Å². The third-order valence-electron chi connectivity index (χ3n) is 5.80. The quantitative estimate of drug-likeness (QED) is 0.692. The molecule has 2 aliphatic heterocycles. The van der Waals surface area contributed by atoms with Crippen molar-refractivity contribution < 1.29 is 19.1 Å². The van der Waals surface area contributed by atoms with Crippen LogP contribution in [0.2, 0.25) is 5.02 Å². The van der Waals surface area contributed by atoms with Crippen LogP contribution in [0.4, 0.5) is 5.69 Å². The number of hydrogen-bond acceptors (Lipinski definition) is 5. The first-order valence-corrected chi connectivity index (χ1v) is 11.4. The number of carbonyl (C=O) groups is 2. The number of carbonyl (C=O) groups excluding carboxylic acids is 2. The van der Waals surface area contributed by atoms with Crippen molar-refractivity contribution in [3.63, 3.8) is 0 Å². The molecule has 2 heterocycles. The van der Waals surface area contributed by atoms with Gasteiger partial charge < -0.3 is 24.6 Å². The van der Waals surface area contributed by atoms with Gasteiger partial charge in [-0.15, -0.1) is 0 Å². The summed E-state index contributed by atoms with van der Waals surface area (Å²) < 4.78 is 11.3. The minimum Gasteiger partial charge on any atom is -0.491 e. The third-order valence-corrected chi connectivity index (χ3v) is 6.05. The molecule has 0 bridgehead atoms. The van der Waals surface area contributed by atoms with Crippen molar-refractivity contribution in [2.45, 2.75) is 18.9 Å². The highest BCUT2D eigenvalue weighted by atomic mass is 35.5. The number of halogens is 1. The number of benzene rings is 2. The van der Waals surface area contributed by atoms with Gasteiger partial charge in [-0.2, -0.15) is 0 Å². The first-order valence-electron chi connectivity index (χ1n) is 11.0. The summed E-state index contributed by atoms with van der Waals surface area (Å²) in [5.41, 5.74) is 1.59. The number of hydrogen-bond donors (Lipinski definition) is 1. The summed E-state index contributed by atoms with van der Waals surface area (Å²) in [6, 6.07) is 14.6.